The van der Waals surface area contributed by atoms with E-state index in [2.05, 4.69) is 15.5 Å². The Balaban J connectivity index is 2.76. The first-order chi connectivity index (χ1) is 6.38. The predicted octanol–water partition coefficient (Wildman–Crippen LogP) is 0.587. The van der Waals surface area contributed by atoms with Crippen LogP contribution < -0.4 is 11.1 Å². The van der Waals surface area contributed by atoms with Gasteiger partial charge in [0.1, 0.15) is 5.82 Å². The fourth-order valence-corrected chi connectivity index (χ4v) is 0.868. The highest BCUT2D eigenvalue weighted by molar-refractivity contribution is 5.92. The molecule has 1 rings (SSSR count). The Morgan fingerprint density at radius 3 is 2.43 bits per heavy atom. The second-order valence-electron chi connectivity index (χ2n) is 4.05. The highest BCUT2D eigenvalue weighted by Gasteiger charge is 2.16. The lowest BCUT2D eigenvalue weighted by Crippen LogP contribution is -2.41. The van der Waals surface area contributed by atoms with Crippen molar-refractivity contribution in [1.82, 2.24) is 15.5 Å². The van der Waals surface area contributed by atoms with Crippen LogP contribution in [0.4, 0.5) is 5.82 Å². The molecule has 0 aliphatic carbocycles. The number of anilines is 1. The molecule has 0 radical (unpaired) electrons. The topological polar surface area (TPSA) is 80.9 Å². The van der Waals surface area contributed by atoms with Gasteiger partial charge in [0.05, 0.1) is 0 Å². The second-order valence-corrected chi connectivity index (χ2v) is 4.05. The van der Waals surface area contributed by atoms with Crippen molar-refractivity contribution >= 4 is 11.7 Å². The molecular weight excluding hydrogens is 180 g/mol. The normalized spacial score (nSPS) is 11.1. The minimum absolute atomic E-state index is 0.245. The number of aromatic nitrogens is 2. The van der Waals surface area contributed by atoms with Crippen molar-refractivity contribution in [1.29, 1.82) is 0 Å². The van der Waals surface area contributed by atoms with Crippen LogP contribution in [-0.4, -0.2) is 21.6 Å². The number of rotatable bonds is 1. The second kappa shape index (κ2) is 3.61. The van der Waals surface area contributed by atoms with Crippen molar-refractivity contribution in [3.05, 3.63) is 17.8 Å². The van der Waals surface area contributed by atoms with E-state index in [4.69, 9.17) is 5.73 Å². The number of amides is 1. The van der Waals surface area contributed by atoms with Crippen LogP contribution in [0.5, 0.6) is 0 Å². The molecule has 14 heavy (non-hydrogen) atoms. The van der Waals surface area contributed by atoms with Crippen molar-refractivity contribution in [2.24, 2.45) is 0 Å². The highest BCUT2D eigenvalue weighted by atomic mass is 16.2. The van der Waals surface area contributed by atoms with E-state index >= 15 is 0 Å². The first-order valence-corrected chi connectivity index (χ1v) is 4.30. The fourth-order valence-electron chi connectivity index (χ4n) is 0.868. The molecule has 1 aromatic rings. The quantitative estimate of drug-likeness (QED) is 0.685. The Bertz CT molecular complexity index is 326. The van der Waals surface area contributed by atoms with Crippen LogP contribution >= 0.6 is 0 Å². The molecule has 0 aliphatic rings. The Morgan fingerprint density at radius 2 is 2.00 bits per heavy atom. The molecule has 0 atom stereocenters. The molecule has 1 amide bonds. The van der Waals surface area contributed by atoms with E-state index in [0.717, 1.165) is 0 Å². The molecule has 0 bridgehead atoms. The lowest BCUT2D eigenvalue weighted by molar-refractivity contribution is 0.0913. The number of nitrogens with zero attached hydrogens (tertiary/aromatic N) is 2. The minimum Gasteiger partial charge on any atom is -0.382 e. The molecule has 0 saturated heterocycles. The van der Waals surface area contributed by atoms with E-state index in [1.807, 2.05) is 20.8 Å². The summed E-state index contributed by atoms with van der Waals surface area (Å²) < 4.78 is 0. The maximum absolute atomic E-state index is 11.5. The molecule has 1 heterocycles. The molecule has 3 N–H and O–H groups in total. The van der Waals surface area contributed by atoms with Crippen LogP contribution in [-0.2, 0) is 0 Å². The summed E-state index contributed by atoms with van der Waals surface area (Å²) in [6, 6.07) is 3.09. The maximum Gasteiger partial charge on any atom is 0.272 e. The van der Waals surface area contributed by atoms with Gasteiger partial charge in [-0.3, -0.25) is 4.79 Å². The van der Waals surface area contributed by atoms with E-state index in [-0.39, 0.29) is 17.1 Å². The lowest BCUT2D eigenvalue weighted by Gasteiger charge is -2.19. The minimum atomic E-state index is -0.278. The molecule has 76 valence electrons. The molecule has 5 nitrogen and oxygen atoms in total. The van der Waals surface area contributed by atoms with Crippen molar-refractivity contribution in [3.8, 4) is 0 Å². The molecule has 0 aromatic carbocycles. The van der Waals surface area contributed by atoms with Gasteiger partial charge in [-0.05, 0) is 32.9 Å². The van der Waals surface area contributed by atoms with Gasteiger partial charge >= 0.3 is 0 Å². The average molecular weight is 194 g/mol. The highest BCUT2D eigenvalue weighted by Crippen LogP contribution is 2.02. The third-order valence-electron chi connectivity index (χ3n) is 1.41. The lowest BCUT2D eigenvalue weighted by atomic mass is 10.1. The standard InChI is InChI=1S/C9H14N4O/c1-9(2,3)11-8(14)6-4-5-7(10)13-12-6/h4-5H,1-3H3,(H2,10,13)(H,11,14). The Morgan fingerprint density at radius 1 is 1.36 bits per heavy atom. The van der Waals surface area contributed by atoms with Crippen molar-refractivity contribution in [2.75, 3.05) is 5.73 Å². The first-order valence-electron chi connectivity index (χ1n) is 4.30. The van der Waals surface area contributed by atoms with E-state index in [0.29, 0.717) is 5.82 Å². The largest absolute Gasteiger partial charge is 0.382 e. The van der Waals surface area contributed by atoms with E-state index < -0.39 is 0 Å². The first kappa shape index (κ1) is 10.4. The summed E-state index contributed by atoms with van der Waals surface area (Å²) in [5.74, 6) is 0.0577. The van der Waals surface area contributed by atoms with Crippen LogP contribution in [0.1, 0.15) is 31.3 Å². The molecule has 1 aromatic heterocycles. The zero-order valence-corrected chi connectivity index (χ0v) is 8.53. The smallest absolute Gasteiger partial charge is 0.272 e. The monoisotopic (exact) mass is 194 g/mol. The van der Waals surface area contributed by atoms with Gasteiger partial charge < -0.3 is 11.1 Å². The van der Waals surface area contributed by atoms with Gasteiger partial charge in [-0.15, -0.1) is 10.2 Å². The molecular formula is C9H14N4O. The van der Waals surface area contributed by atoms with Gasteiger partial charge in [0.15, 0.2) is 5.69 Å². The summed E-state index contributed by atoms with van der Waals surface area (Å²) in [4.78, 5) is 11.5. The summed E-state index contributed by atoms with van der Waals surface area (Å²) in [5, 5.41) is 10.0. The Hall–Kier alpha value is -1.65. The summed E-state index contributed by atoms with van der Waals surface area (Å²) in [5.41, 5.74) is 5.34. The van der Waals surface area contributed by atoms with E-state index in [9.17, 15) is 4.79 Å². The summed E-state index contributed by atoms with van der Waals surface area (Å²) >= 11 is 0. The molecule has 0 fully saturated rings. The maximum atomic E-state index is 11.5. The number of nitrogens with one attached hydrogen (secondary N) is 1. The number of nitrogen functional groups attached to an aromatic ring is 1. The third-order valence-corrected chi connectivity index (χ3v) is 1.41. The van der Waals surface area contributed by atoms with Gasteiger partial charge in [-0.2, -0.15) is 0 Å². The SMILES string of the molecule is CC(C)(C)NC(=O)c1ccc(N)nn1. The number of carbonyl (C=O) groups excluding carboxylic acids is 1. The molecule has 0 spiro atoms. The number of carbonyl (C=O) groups is 1. The number of hydrogen-bond acceptors (Lipinski definition) is 4. The third kappa shape index (κ3) is 3.01. The van der Waals surface area contributed by atoms with Crippen LogP contribution in [0.2, 0.25) is 0 Å². The molecule has 0 unspecified atom stereocenters. The number of hydrogen-bond donors (Lipinski definition) is 2. The summed E-state index contributed by atoms with van der Waals surface area (Å²) in [6.45, 7) is 5.70. The Kier molecular flexibility index (Phi) is 2.69. The van der Waals surface area contributed by atoms with Crippen molar-refractivity contribution in [2.45, 2.75) is 26.3 Å². The average Bonchev–Trinajstić information content (AvgIpc) is 2.02. The van der Waals surface area contributed by atoms with Gasteiger partial charge in [0, 0.05) is 5.54 Å². The van der Waals surface area contributed by atoms with Crippen LogP contribution in [0.3, 0.4) is 0 Å². The molecule has 0 saturated carbocycles. The van der Waals surface area contributed by atoms with Gasteiger partial charge in [-0.25, -0.2) is 0 Å². The summed E-state index contributed by atoms with van der Waals surface area (Å²) in [7, 11) is 0. The Labute approximate surface area is 82.7 Å². The van der Waals surface area contributed by atoms with Crippen LogP contribution in [0.25, 0.3) is 0 Å². The van der Waals surface area contributed by atoms with Gasteiger partial charge in [0.25, 0.3) is 5.91 Å². The predicted molar refractivity (Wildman–Crippen MR) is 53.7 cm³/mol. The zero-order chi connectivity index (χ0) is 10.8. The fraction of sp³-hybridized carbons (Fsp3) is 0.444. The van der Waals surface area contributed by atoms with Crippen molar-refractivity contribution in [3.63, 3.8) is 0 Å². The number of nitrogens with two attached hydrogens (primary N) is 1. The van der Waals surface area contributed by atoms with Crippen LogP contribution in [0.15, 0.2) is 12.1 Å². The van der Waals surface area contributed by atoms with Gasteiger partial charge in [0.2, 0.25) is 0 Å². The molecule has 0 aliphatic heterocycles. The van der Waals surface area contributed by atoms with E-state index in [1.54, 1.807) is 12.1 Å². The van der Waals surface area contributed by atoms with Crippen LogP contribution in [0, 0.1) is 0 Å². The van der Waals surface area contributed by atoms with E-state index in [1.165, 1.54) is 0 Å². The van der Waals surface area contributed by atoms with Crippen molar-refractivity contribution < 1.29 is 4.79 Å². The van der Waals surface area contributed by atoms with Gasteiger partial charge in [-0.1, -0.05) is 0 Å². The zero-order valence-electron chi connectivity index (χ0n) is 8.53. The molecule has 5 heteroatoms. The summed E-state index contributed by atoms with van der Waals surface area (Å²) in [6.07, 6.45) is 0.